The summed E-state index contributed by atoms with van der Waals surface area (Å²) in [6.07, 6.45) is 5.73. The lowest BCUT2D eigenvalue weighted by Gasteiger charge is -2.38. The highest BCUT2D eigenvalue weighted by Gasteiger charge is 2.38. The Morgan fingerprint density at radius 1 is 1.14 bits per heavy atom. The molecule has 112 valence electrons. The van der Waals surface area contributed by atoms with E-state index in [1.807, 2.05) is 18.2 Å². The second-order valence-corrected chi connectivity index (χ2v) is 7.01. The van der Waals surface area contributed by atoms with Crippen molar-refractivity contribution in [3.05, 3.63) is 75.3 Å². The number of rotatable bonds is 1. The van der Waals surface area contributed by atoms with Crippen LogP contribution in [0.15, 0.2) is 48.6 Å². The van der Waals surface area contributed by atoms with Crippen LogP contribution in [0.3, 0.4) is 0 Å². The highest BCUT2D eigenvalue weighted by atomic mass is 35.5. The third-order valence-electron chi connectivity index (χ3n) is 4.94. The summed E-state index contributed by atoms with van der Waals surface area (Å²) in [5, 5.41) is 5.34. The molecular formula is C19H17Cl2N. The topological polar surface area (TPSA) is 12.0 Å². The van der Waals surface area contributed by atoms with Gasteiger partial charge in [-0.15, -0.1) is 0 Å². The van der Waals surface area contributed by atoms with Gasteiger partial charge in [-0.2, -0.15) is 0 Å². The zero-order chi connectivity index (χ0) is 15.3. The fourth-order valence-electron chi connectivity index (χ4n) is 3.82. The molecular weight excluding hydrogens is 313 g/mol. The molecule has 2 aromatic rings. The fraction of sp³-hybridized carbons (Fsp3) is 0.263. The molecule has 3 atom stereocenters. The predicted octanol–water partition coefficient (Wildman–Crippen LogP) is 6.13. The summed E-state index contributed by atoms with van der Waals surface area (Å²) in [6.45, 7) is 2.09. The van der Waals surface area contributed by atoms with Crippen LogP contribution in [-0.2, 0) is 0 Å². The minimum Gasteiger partial charge on any atom is -0.377 e. The third kappa shape index (κ3) is 2.15. The van der Waals surface area contributed by atoms with Gasteiger partial charge in [-0.3, -0.25) is 0 Å². The van der Waals surface area contributed by atoms with E-state index in [0.717, 1.165) is 22.0 Å². The number of hydrogen-bond donors (Lipinski definition) is 1. The molecule has 4 rings (SSSR count). The summed E-state index contributed by atoms with van der Waals surface area (Å²) in [4.78, 5) is 0. The number of nitrogens with one attached hydrogen (secondary N) is 1. The van der Waals surface area contributed by atoms with Crippen molar-refractivity contribution in [3.8, 4) is 0 Å². The van der Waals surface area contributed by atoms with Gasteiger partial charge in [0.05, 0.1) is 6.04 Å². The highest BCUT2D eigenvalue weighted by Crippen LogP contribution is 2.51. The lowest BCUT2D eigenvalue weighted by Crippen LogP contribution is -2.29. The molecule has 22 heavy (non-hydrogen) atoms. The molecule has 0 radical (unpaired) electrons. The van der Waals surface area contributed by atoms with Crippen molar-refractivity contribution in [1.82, 2.24) is 0 Å². The summed E-state index contributed by atoms with van der Waals surface area (Å²) < 4.78 is 0. The maximum absolute atomic E-state index is 6.33. The van der Waals surface area contributed by atoms with Gasteiger partial charge in [-0.25, -0.2) is 0 Å². The number of benzene rings is 2. The molecule has 2 aliphatic rings. The van der Waals surface area contributed by atoms with E-state index in [0.29, 0.717) is 11.8 Å². The monoisotopic (exact) mass is 329 g/mol. The summed E-state index contributed by atoms with van der Waals surface area (Å²) in [6, 6.07) is 12.6. The molecule has 0 spiro atoms. The van der Waals surface area contributed by atoms with Gasteiger partial charge in [-0.05, 0) is 54.2 Å². The van der Waals surface area contributed by atoms with Crippen molar-refractivity contribution in [2.45, 2.75) is 25.3 Å². The largest absolute Gasteiger partial charge is 0.377 e. The Hall–Kier alpha value is -1.44. The highest BCUT2D eigenvalue weighted by molar-refractivity contribution is 6.31. The first kappa shape index (κ1) is 14.2. The average molecular weight is 330 g/mol. The number of fused-ring (bicyclic) bond motifs is 3. The number of halogens is 2. The summed E-state index contributed by atoms with van der Waals surface area (Å²) in [7, 11) is 0. The van der Waals surface area contributed by atoms with E-state index in [9.17, 15) is 0 Å². The first-order valence-electron chi connectivity index (χ1n) is 7.63. The van der Waals surface area contributed by atoms with Crippen LogP contribution in [0.4, 0.5) is 5.69 Å². The van der Waals surface area contributed by atoms with Gasteiger partial charge in [0, 0.05) is 21.7 Å². The van der Waals surface area contributed by atoms with Crippen LogP contribution >= 0.6 is 23.2 Å². The molecule has 0 fully saturated rings. The maximum atomic E-state index is 6.33. The molecule has 0 amide bonds. The van der Waals surface area contributed by atoms with E-state index in [1.54, 1.807) is 0 Å². The van der Waals surface area contributed by atoms with E-state index in [2.05, 4.69) is 42.6 Å². The maximum Gasteiger partial charge on any atom is 0.0554 e. The molecule has 1 aliphatic heterocycles. The molecule has 0 unspecified atom stereocenters. The standard InChI is InChI=1S/C19H17Cl2N/c1-11-17(21)9-8-16-14-6-3-7-15(14)19(22-18(11)16)12-4-2-5-13(20)10-12/h2-6,8-10,14-15,19,22H,7H2,1H3/t14-,15-,19+/m0/s1. The van der Waals surface area contributed by atoms with Crippen molar-refractivity contribution in [1.29, 1.82) is 0 Å². The number of anilines is 1. The molecule has 0 saturated heterocycles. The van der Waals surface area contributed by atoms with Crippen LogP contribution in [0.25, 0.3) is 0 Å². The molecule has 1 aliphatic carbocycles. The van der Waals surface area contributed by atoms with Crippen molar-refractivity contribution >= 4 is 28.9 Å². The van der Waals surface area contributed by atoms with Crippen LogP contribution in [-0.4, -0.2) is 0 Å². The lowest BCUT2D eigenvalue weighted by atomic mass is 9.76. The molecule has 3 heteroatoms. The van der Waals surface area contributed by atoms with Gasteiger partial charge in [0.15, 0.2) is 0 Å². The van der Waals surface area contributed by atoms with Crippen LogP contribution < -0.4 is 5.32 Å². The lowest BCUT2D eigenvalue weighted by molar-refractivity contribution is 0.425. The van der Waals surface area contributed by atoms with Gasteiger partial charge in [0.1, 0.15) is 0 Å². The third-order valence-corrected chi connectivity index (χ3v) is 5.58. The van der Waals surface area contributed by atoms with E-state index in [4.69, 9.17) is 23.2 Å². The fourth-order valence-corrected chi connectivity index (χ4v) is 4.18. The summed E-state index contributed by atoms with van der Waals surface area (Å²) in [5.74, 6) is 0.989. The van der Waals surface area contributed by atoms with Gasteiger partial charge >= 0.3 is 0 Å². The zero-order valence-corrected chi connectivity index (χ0v) is 13.8. The van der Waals surface area contributed by atoms with Crippen LogP contribution in [0.2, 0.25) is 10.0 Å². The molecule has 0 bridgehead atoms. The molecule has 0 saturated carbocycles. The second kappa shape index (κ2) is 5.33. The quantitative estimate of drug-likeness (QED) is 0.620. The Balaban J connectivity index is 1.84. The first-order valence-corrected chi connectivity index (χ1v) is 8.38. The van der Waals surface area contributed by atoms with Gasteiger partial charge in [0.25, 0.3) is 0 Å². The SMILES string of the molecule is Cc1c(Cl)ccc2c1N[C@H](c1cccc(Cl)c1)[C@H]1CC=C[C@H]21. The molecule has 1 nitrogen and oxygen atoms in total. The zero-order valence-electron chi connectivity index (χ0n) is 12.3. The number of hydrogen-bond acceptors (Lipinski definition) is 1. The molecule has 2 aromatic carbocycles. The van der Waals surface area contributed by atoms with Gasteiger partial charge in [0.2, 0.25) is 0 Å². The van der Waals surface area contributed by atoms with Crippen molar-refractivity contribution < 1.29 is 0 Å². The Morgan fingerprint density at radius 3 is 2.82 bits per heavy atom. The predicted molar refractivity (Wildman–Crippen MR) is 94.0 cm³/mol. The Labute approximate surface area is 140 Å². The second-order valence-electron chi connectivity index (χ2n) is 6.17. The first-order chi connectivity index (χ1) is 10.6. The van der Waals surface area contributed by atoms with E-state index in [1.165, 1.54) is 16.8 Å². The Morgan fingerprint density at radius 2 is 2.00 bits per heavy atom. The van der Waals surface area contributed by atoms with Gasteiger partial charge < -0.3 is 5.32 Å². The molecule has 1 N–H and O–H groups in total. The smallest absolute Gasteiger partial charge is 0.0554 e. The average Bonchev–Trinajstić information content (AvgIpc) is 3.00. The van der Waals surface area contributed by atoms with Gasteiger partial charge in [-0.1, -0.05) is 53.6 Å². The Bertz CT molecular complexity index is 766. The molecule has 0 aromatic heterocycles. The van der Waals surface area contributed by atoms with E-state index in [-0.39, 0.29) is 6.04 Å². The van der Waals surface area contributed by atoms with Crippen LogP contribution in [0, 0.1) is 12.8 Å². The minimum absolute atomic E-state index is 0.267. The summed E-state index contributed by atoms with van der Waals surface area (Å²) in [5.41, 5.74) is 4.92. The normalized spacial score (nSPS) is 25.5. The van der Waals surface area contributed by atoms with Crippen molar-refractivity contribution in [2.24, 2.45) is 5.92 Å². The van der Waals surface area contributed by atoms with Crippen molar-refractivity contribution in [3.63, 3.8) is 0 Å². The van der Waals surface area contributed by atoms with Crippen LogP contribution in [0.5, 0.6) is 0 Å². The number of allylic oxidation sites excluding steroid dienone is 2. The van der Waals surface area contributed by atoms with Crippen molar-refractivity contribution in [2.75, 3.05) is 5.32 Å². The minimum atomic E-state index is 0.267. The van der Waals surface area contributed by atoms with E-state index >= 15 is 0 Å². The van der Waals surface area contributed by atoms with Crippen LogP contribution in [0.1, 0.15) is 35.1 Å². The van der Waals surface area contributed by atoms with E-state index < -0.39 is 0 Å². The summed E-state index contributed by atoms with van der Waals surface area (Å²) >= 11 is 12.5. The molecule has 1 heterocycles. The Kier molecular flexibility index (Phi) is 3.43.